The fraction of sp³-hybridized carbons (Fsp3) is 0.400. The molecule has 0 aromatic carbocycles. The minimum atomic E-state index is -0.718. The van der Waals surface area contributed by atoms with Crippen LogP contribution in [0, 0.1) is 21.4 Å². The van der Waals surface area contributed by atoms with Crippen LogP contribution in [0.4, 0.5) is 10.7 Å². The lowest BCUT2D eigenvalue weighted by Crippen LogP contribution is -2.24. The van der Waals surface area contributed by atoms with E-state index in [-0.39, 0.29) is 11.6 Å². The summed E-state index contributed by atoms with van der Waals surface area (Å²) in [5.41, 5.74) is 1.42. The maximum absolute atomic E-state index is 12.4. The van der Waals surface area contributed by atoms with E-state index in [1.54, 1.807) is 6.92 Å². The van der Waals surface area contributed by atoms with Gasteiger partial charge in [-0.15, -0.1) is 11.3 Å². The quantitative estimate of drug-likeness (QED) is 0.676. The average molecular weight is 345 g/mol. The number of nitrogens with one attached hydrogen (secondary N) is 1. The zero-order valence-electron chi connectivity index (χ0n) is 13.0. The summed E-state index contributed by atoms with van der Waals surface area (Å²) in [6, 6.07) is 1.47. The molecule has 3 rings (SSSR count). The highest BCUT2D eigenvalue weighted by molar-refractivity contribution is 7.16. The molecule has 0 aliphatic heterocycles. The number of nitrogens with zero attached hydrogens (tertiary/aromatic N) is 4. The Bertz CT molecular complexity index is 848. The molecular weight excluding hydrogens is 330 g/mol. The predicted molar refractivity (Wildman–Crippen MR) is 87.9 cm³/mol. The van der Waals surface area contributed by atoms with Crippen molar-refractivity contribution in [1.82, 2.24) is 9.78 Å². The fourth-order valence-corrected chi connectivity index (χ4v) is 3.99. The first-order valence-electron chi connectivity index (χ1n) is 7.55. The second-order valence-corrected chi connectivity index (χ2v) is 6.73. The Morgan fingerprint density at radius 1 is 1.54 bits per heavy atom. The summed E-state index contributed by atoms with van der Waals surface area (Å²) in [7, 11) is 0. The first kappa shape index (κ1) is 16.1. The van der Waals surface area contributed by atoms with Crippen LogP contribution in [0.15, 0.2) is 12.4 Å². The van der Waals surface area contributed by atoms with Crippen LogP contribution in [-0.4, -0.2) is 20.6 Å². The number of thiophene rings is 1. The number of nitro groups is 1. The van der Waals surface area contributed by atoms with E-state index in [2.05, 4.69) is 16.5 Å². The molecule has 9 heteroatoms. The molecule has 8 nitrogen and oxygen atoms in total. The molecule has 0 saturated carbocycles. The summed E-state index contributed by atoms with van der Waals surface area (Å²) < 4.78 is 1.24. The molecule has 0 bridgehead atoms. The molecule has 24 heavy (non-hydrogen) atoms. The number of rotatable bonds is 4. The van der Waals surface area contributed by atoms with Gasteiger partial charge in [-0.3, -0.25) is 19.6 Å². The molecule has 0 spiro atoms. The standard InChI is InChI=1S/C15H15N5O3S/c1-9(19-8-10(7-17-19)20(22)23)14(21)18-15-12(6-16)11-4-2-3-5-13(11)24-15/h7-9H,2-5H2,1H3,(H,18,21). The number of anilines is 1. The van der Waals surface area contributed by atoms with Crippen LogP contribution in [0.3, 0.4) is 0 Å². The number of fused-ring (bicyclic) bond motifs is 1. The van der Waals surface area contributed by atoms with Gasteiger partial charge in [0.15, 0.2) is 0 Å². The van der Waals surface area contributed by atoms with Crippen molar-refractivity contribution in [2.75, 3.05) is 5.32 Å². The molecule has 2 aromatic heterocycles. The summed E-state index contributed by atoms with van der Waals surface area (Å²) in [5.74, 6) is -0.358. The summed E-state index contributed by atoms with van der Waals surface area (Å²) in [5, 5.41) is 27.3. The molecule has 2 aromatic rings. The lowest BCUT2D eigenvalue weighted by molar-refractivity contribution is -0.385. The van der Waals surface area contributed by atoms with Gasteiger partial charge < -0.3 is 5.32 Å². The Morgan fingerprint density at radius 3 is 2.96 bits per heavy atom. The Kier molecular flexibility index (Phi) is 4.31. The summed E-state index contributed by atoms with van der Waals surface area (Å²) >= 11 is 1.45. The van der Waals surface area contributed by atoms with E-state index >= 15 is 0 Å². The van der Waals surface area contributed by atoms with Crippen molar-refractivity contribution >= 4 is 27.9 Å². The maximum Gasteiger partial charge on any atom is 0.307 e. The minimum Gasteiger partial charge on any atom is -0.315 e. The third-order valence-corrected chi connectivity index (χ3v) is 5.30. The van der Waals surface area contributed by atoms with Crippen LogP contribution >= 0.6 is 11.3 Å². The molecule has 1 N–H and O–H groups in total. The molecule has 1 aliphatic rings. The number of hydrogen-bond acceptors (Lipinski definition) is 6. The van der Waals surface area contributed by atoms with Gasteiger partial charge in [-0.25, -0.2) is 0 Å². The molecule has 1 unspecified atom stereocenters. The van der Waals surface area contributed by atoms with Gasteiger partial charge in [0.25, 0.3) is 0 Å². The number of hydrogen-bond donors (Lipinski definition) is 1. The molecule has 0 radical (unpaired) electrons. The largest absolute Gasteiger partial charge is 0.315 e. The number of aryl methyl sites for hydroxylation is 1. The third-order valence-electron chi connectivity index (χ3n) is 4.09. The first-order valence-corrected chi connectivity index (χ1v) is 8.37. The topological polar surface area (TPSA) is 114 Å². The fourth-order valence-electron chi connectivity index (χ4n) is 2.74. The normalized spacial score (nSPS) is 14.5. The van der Waals surface area contributed by atoms with Gasteiger partial charge in [0, 0.05) is 4.88 Å². The highest BCUT2D eigenvalue weighted by Gasteiger charge is 2.24. The smallest absolute Gasteiger partial charge is 0.307 e. The SMILES string of the molecule is CC(C(=O)Nc1sc2c(c1C#N)CCCC2)n1cc([N+](=O)[O-])cn1. The average Bonchev–Trinajstić information content (AvgIpc) is 3.18. The van der Waals surface area contributed by atoms with E-state index in [9.17, 15) is 20.2 Å². The van der Waals surface area contributed by atoms with Gasteiger partial charge in [0.05, 0.1) is 10.5 Å². The van der Waals surface area contributed by atoms with Crippen LogP contribution in [0.1, 0.15) is 41.8 Å². The van der Waals surface area contributed by atoms with E-state index in [4.69, 9.17) is 0 Å². The van der Waals surface area contributed by atoms with E-state index in [1.165, 1.54) is 22.2 Å². The van der Waals surface area contributed by atoms with Crippen molar-refractivity contribution in [2.45, 2.75) is 38.6 Å². The molecule has 124 valence electrons. The Hall–Kier alpha value is -2.73. The van der Waals surface area contributed by atoms with E-state index in [1.807, 2.05) is 0 Å². The van der Waals surface area contributed by atoms with Crippen molar-refractivity contribution in [3.05, 3.63) is 38.5 Å². The van der Waals surface area contributed by atoms with E-state index < -0.39 is 11.0 Å². The van der Waals surface area contributed by atoms with Gasteiger partial charge in [-0.2, -0.15) is 10.4 Å². The molecule has 0 saturated heterocycles. The van der Waals surface area contributed by atoms with E-state index in [0.29, 0.717) is 10.6 Å². The van der Waals surface area contributed by atoms with Gasteiger partial charge in [-0.05, 0) is 38.2 Å². The molecular formula is C15H15N5O3S. The Labute approximate surface area is 141 Å². The number of nitriles is 1. The molecule has 1 aliphatic carbocycles. The number of amides is 1. The molecule has 1 amide bonds. The summed E-state index contributed by atoms with van der Waals surface area (Å²) in [6.07, 6.45) is 6.28. The van der Waals surface area contributed by atoms with Crippen LogP contribution in [0.5, 0.6) is 0 Å². The number of aromatic nitrogens is 2. The molecule has 0 fully saturated rings. The lowest BCUT2D eigenvalue weighted by Gasteiger charge is -2.11. The molecule has 1 atom stereocenters. The highest BCUT2D eigenvalue weighted by Crippen LogP contribution is 2.37. The van der Waals surface area contributed by atoms with Crippen LogP contribution in [0.25, 0.3) is 0 Å². The Morgan fingerprint density at radius 2 is 2.29 bits per heavy atom. The number of carbonyl (C=O) groups is 1. The van der Waals surface area contributed by atoms with Crippen LogP contribution in [0.2, 0.25) is 0 Å². The predicted octanol–water partition coefficient (Wildman–Crippen LogP) is 2.80. The third kappa shape index (κ3) is 2.88. The zero-order valence-corrected chi connectivity index (χ0v) is 13.8. The molecule has 2 heterocycles. The first-order chi connectivity index (χ1) is 11.5. The minimum absolute atomic E-state index is 0.168. The second-order valence-electron chi connectivity index (χ2n) is 5.63. The van der Waals surface area contributed by atoms with Gasteiger partial charge in [0.2, 0.25) is 5.91 Å². The van der Waals surface area contributed by atoms with Crippen molar-refractivity contribution in [3.8, 4) is 6.07 Å². The van der Waals surface area contributed by atoms with Crippen LogP contribution in [-0.2, 0) is 17.6 Å². The van der Waals surface area contributed by atoms with Gasteiger partial charge in [0.1, 0.15) is 29.5 Å². The van der Waals surface area contributed by atoms with Crippen LogP contribution < -0.4 is 5.32 Å². The zero-order chi connectivity index (χ0) is 17.3. The monoisotopic (exact) mass is 345 g/mol. The van der Waals surface area contributed by atoms with Crippen molar-refractivity contribution < 1.29 is 9.72 Å². The lowest BCUT2D eigenvalue weighted by atomic mass is 9.96. The summed E-state index contributed by atoms with van der Waals surface area (Å²) in [6.45, 7) is 1.60. The van der Waals surface area contributed by atoms with Crippen molar-refractivity contribution in [2.24, 2.45) is 0 Å². The maximum atomic E-state index is 12.4. The van der Waals surface area contributed by atoms with Crippen molar-refractivity contribution in [3.63, 3.8) is 0 Å². The number of carbonyl (C=O) groups excluding carboxylic acids is 1. The van der Waals surface area contributed by atoms with Crippen molar-refractivity contribution in [1.29, 1.82) is 5.26 Å². The second kappa shape index (κ2) is 6.41. The summed E-state index contributed by atoms with van der Waals surface area (Å²) in [4.78, 5) is 23.7. The Balaban J connectivity index is 1.80. The van der Waals surface area contributed by atoms with Gasteiger partial charge in [-0.1, -0.05) is 0 Å². The van der Waals surface area contributed by atoms with E-state index in [0.717, 1.165) is 42.3 Å². The highest BCUT2D eigenvalue weighted by atomic mass is 32.1. The van der Waals surface area contributed by atoms with Gasteiger partial charge >= 0.3 is 5.69 Å².